The fourth-order valence-electron chi connectivity index (χ4n) is 3.70. The molecule has 0 aromatic carbocycles. The Kier molecular flexibility index (Phi) is 4.19. The van der Waals surface area contributed by atoms with Gasteiger partial charge in [0, 0.05) is 38.9 Å². The third kappa shape index (κ3) is 2.87. The minimum atomic E-state index is 0.364. The lowest BCUT2D eigenvalue weighted by atomic mass is 10.1. The van der Waals surface area contributed by atoms with Gasteiger partial charge in [0.05, 0.1) is 6.10 Å². The van der Waals surface area contributed by atoms with E-state index in [9.17, 15) is 5.11 Å². The van der Waals surface area contributed by atoms with Crippen LogP contribution in [0.15, 0.2) is 0 Å². The van der Waals surface area contributed by atoms with Crippen molar-refractivity contribution in [1.29, 1.82) is 0 Å². The molecule has 3 rings (SSSR count). The summed E-state index contributed by atoms with van der Waals surface area (Å²) in [4.78, 5) is 5.17. The molecule has 0 spiro atoms. The first-order chi connectivity index (χ1) is 8.85. The van der Waals surface area contributed by atoms with Crippen molar-refractivity contribution in [3.8, 4) is 0 Å². The molecule has 0 radical (unpaired) electrons. The molecule has 3 atom stereocenters. The van der Waals surface area contributed by atoms with Gasteiger partial charge in [-0.2, -0.15) is 0 Å². The summed E-state index contributed by atoms with van der Waals surface area (Å²) in [5.41, 5.74) is 0. The Morgan fingerprint density at radius 2 is 2.06 bits per heavy atom. The van der Waals surface area contributed by atoms with Gasteiger partial charge in [-0.1, -0.05) is 0 Å². The van der Waals surface area contributed by atoms with Gasteiger partial charge in [-0.15, -0.1) is 0 Å². The summed E-state index contributed by atoms with van der Waals surface area (Å²) in [6.45, 7) is 7.18. The number of ether oxygens (including phenoxy) is 1. The molecule has 4 heteroatoms. The smallest absolute Gasteiger partial charge is 0.0702 e. The van der Waals surface area contributed by atoms with E-state index >= 15 is 0 Å². The van der Waals surface area contributed by atoms with E-state index in [1.54, 1.807) is 0 Å². The lowest BCUT2D eigenvalue weighted by Crippen LogP contribution is -2.37. The minimum Gasteiger partial charge on any atom is -0.396 e. The van der Waals surface area contributed by atoms with E-state index in [1.165, 1.54) is 45.3 Å². The van der Waals surface area contributed by atoms with Crippen molar-refractivity contribution < 1.29 is 9.84 Å². The van der Waals surface area contributed by atoms with Gasteiger partial charge in [0.15, 0.2) is 0 Å². The summed E-state index contributed by atoms with van der Waals surface area (Å²) in [6.07, 6.45) is 5.46. The van der Waals surface area contributed by atoms with Crippen LogP contribution in [0.4, 0.5) is 0 Å². The average Bonchev–Trinajstić information content (AvgIpc) is 3.09. The van der Waals surface area contributed by atoms with Gasteiger partial charge in [-0.25, -0.2) is 0 Å². The van der Waals surface area contributed by atoms with E-state index in [4.69, 9.17) is 4.74 Å². The van der Waals surface area contributed by atoms with E-state index in [1.807, 2.05) is 0 Å². The van der Waals surface area contributed by atoms with Gasteiger partial charge >= 0.3 is 0 Å². The number of hydrogen-bond donors (Lipinski definition) is 1. The Morgan fingerprint density at radius 3 is 2.78 bits per heavy atom. The second-order valence-electron chi connectivity index (χ2n) is 6.17. The predicted octanol–water partition coefficient (Wildman–Crippen LogP) is 0.554. The molecule has 0 bridgehead atoms. The van der Waals surface area contributed by atoms with E-state index in [0.717, 1.165) is 25.7 Å². The largest absolute Gasteiger partial charge is 0.396 e. The predicted molar refractivity (Wildman–Crippen MR) is 70.6 cm³/mol. The number of nitrogens with zero attached hydrogens (tertiary/aromatic N) is 2. The maximum atomic E-state index is 9.21. The Labute approximate surface area is 110 Å². The van der Waals surface area contributed by atoms with Crippen LogP contribution >= 0.6 is 0 Å². The maximum Gasteiger partial charge on any atom is 0.0702 e. The van der Waals surface area contributed by atoms with Crippen LogP contribution in [0, 0.1) is 5.92 Å². The van der Waals surface area contributed by atoms with Gasteiger partial charge in [0.25, 0.3) is 0 Å². The summed E-state index contributed by atoms with van der Waals surface area (Å²) >= 11 is 0. The monoisotopic (exact) mass is 254 g/mol. The van der Waals surface area contributed by atoms with E-state index in [0.29, 0.717) is 18.6 Å². The molecule has 0 aromatic heterocycles. The molecule has 3 fully saturated rings. The van der Waals surface area contributed by atoms with E-state index < -0.39 is 0 Å². The van der Waals surface area contributed by atoms with Crippen molar-refractivity contribution in [2.75, 3.05) is 45.9 Å². The van der Waals surface area contributed by atoms with Crippen molar-refractivity contribution in [3.63, 3.8) is 0 Å². The molecule has 4 nitrogen and oxygen atoms in total. The first-order valence-corrected chi connectivity index (χ1v) is 7.54. The summed E-state index contributed by atoms with van der Waals surface area (Å²) in [5.74, 6) is 0.525. The van der Waals surface area contributed by atoms with Crippen LogP contribution in [0.25, 0.3) is 0 Å². The van der Waals surface area contributed by atoms with Gasteiger partial charge in [0.1, 0.15) is 0 Å². The van der Waals surface area contributed by atoms with Gasteiger partial charge in [-0.05, 0) is 44.7 Å². The van der Waals surface area contributed by atoms with E-state index in [-0.39, 0.29) is 0 Å². The second-order valence-corrected chi connectivity index (χ2v) is 6.17. The first kappa shape index (κ1) is 12.9. The Hall–Kier alpha value is -0.160. The third-order valence-electron chi connectivity index (χ3n) is 4.83. The van der Waals surface area contributed by atoms with Crippen LogP contribution in [0.5, 0.6) is 0 Å². The summed E-state index contributed by atoms with van der Waals surface area (Å²) in [6, 6.07) is 0.725. The minimum absolute atomic E-state index is 0.364. The molecule has 3 heterocycles. The molecule has 18 heavy (non-hydrogen) atoms. The average molecular weight is 254 g/mol. The Bertz CT molecular complexity index is 269. The highest BCUT2D eigenvalue weighted by Crippen LogP contribution is 2.24. The van der Waals surface area contributed by atoms with Crippen LogP contribution in [0.2, 0.25) is 0 Å². The maximum absolute atomic E-state index is 9.21. The fraction of sp³-hybridized carbons (Fsp3) is 1.00. The molecule has 3 saturated heterocycles. The zero-order valence-corrected chi connectivity index (χ0v) is 11.3. The van der Waals surface area contributed by atoms with Crippen LogP contribution in [-0.4, -0.2) is 73.0 Å². The van der Waals surface area contributed by atoms with Crippen molar-refractivity contribution in [2.24, 2.45) is 5.92 Å². The molecule has 0 aromatic rings. The fourth-order valence-corrected chi connectivity index (χ4v) is 3.70. The lowest BCUT2D eigenvalue weighted by Gasteiger charge is -2.25. The zero-order chi connectivity index (χ0) is 12.4. The SMILES string of the molecule is OCC1CCN(C2CCN(CC3CCCO3)C2)C1. The molecule has 104 valence electrons. The Balaban J connectivity index is 1.43. The topological polar surface area (TPSA) is 35.9 Å². The number of aliphatic hydroxyl groups excluding tert-OH is 1. The number of rotatable bonds is 4. The van der Waals surface area contributed by atoms with Crippen molar-refractivity contribution in [2.45, 2.75) is 37.8 Å². The first-order valence-electron chi connectivity index (χ1n) is 7.54. The standard InChI is InChI=1S/C14H26N2O2/c17-11-12-3-6-16(8-12)13-4-5-15(9-13)10-14-2-1-7-18-14/h12-14,17H,1-11H2. The normalized spacial score (nSPS) is 38.8. The number of hydrogen-bond acceptors (Lipinski definition) is 4. The van der Waals surface area contributed by atoms with Gasteiger partial charge < -0.3 is 9.84 Å². The molecule has 0 amide bonds. The molecule has 0 aliphatic carbocycles. The van der Waals surface area contributed by atoms with Crippen LogP contribution in [0.1, 0.15) is 25.7 Å². The van der Waals surface area contributed by atoms with Crippen LogP contribution < -0.4 is 0 Å². The third-order valence-corrected chi connectivity index (χ3v) is 4.83. The van der Waals surface area contributed by atoms with Crippen molar-refractivity contribution in [1.82, 2.24) is 9.80 Å². The highest BCUT2D eigenvalue weighted by atomic mass is 16.5. The van der Waals surface area contributed by atoms with Gasteiger partial charge in [0.2, 0.25) is 0 Å². The highest BCUT2D eigenvalue weighted by Gasteiger charge is 2.33. The molecule has 0 saturated carbocycles. The quantitative estimate of drug-likeness (QED) is 0.795. The molecule has 3 unspecified atom stereocenters. The molecular weight excluding hydrogens is 228 g/mol. The van der Waals surface area contributed by atoms with Crippen LogP contribution in [-0.2, 0) is 4.74 Å². The molecule has 3 aliphatic rings. The summed E-state index contributed by atoms with van der Waals surface area (Å²) in [7, 11) is 0. The van der Waals surface area contributed by atoms with E-state index in [2.05, 4.69) is 9.80 Å². The summed E-state index contributed by atoms with van der Waals surface area (Å²) in [5, 5.41) is 9.21. The lowest BCUT2D eigenvalue weighted by molar-refractivity contribution is 0.0780. The Morgan fingerprint density at radius 1 is 1.11 bits per heavy atom. The van der Waals surface area contributed by atoms with Crippen molar-refractivity contribution in [3.05, 3.63) is 0 Å². The summed E-state index contributed by atoms with van der Waals surface area (Å²) < 4.78 is 5.72. The number of aliphatic hydroxyl groups is 1. The second kappa shape index (κ2) is 5.87. The molecule has 3 aliphatic heterocycles. The zero-order valence-electron chi connectivity index (χ0n) is 11.3. The number of likely N-dealkylation sites (tertiary alicyclic amines) is 2. The van der Waals surface area contributed by atoms with Gasteiger partial charge in [-0.3, -0.25) is 9.80 Å². The highest BCUT2D eigenvalue weighted by molar-refractivity contribution is 4.88. The van der Waals surface area contributed by atoms with Crippen molar-refractivity contribution >= 4 is 0 Å². The van der Waals surface area contributed by atoms with Crippen LogP contribution in [0.3, 0.4) is 0 Å². The molecular formula is C14H26N2O2. The molecule has 1 N–H and O–H groups in total.